The number of anilines is 1. The monoisotopic (exact) mass is 241 g/mol. The molecule has 0 aliphatic rings. The molecule has 1 aromatic rings. The lowest BCUT2D eigenvalue weighted by Crippen LogP contribution is -2.50. The van der Waals surface area contributed by atoms with Gasteiger partial charge in [-0.3, -0.25) is 4.79 Å². The molecule has 0 saturated carbocycles. The Morgan fingerprint density at radius 3 is 1.65 bits per heavy atom. The molecule has 20 heavy (non-hydrogen) atoms. The van der Waals surface area contributed by atoms with Crippen molar-refractivity contribution >= 4 is 104 Å². The van der Waals surface area contributed by atoms with Gasteiger partial charge in [-0.1, -0.05) is 27.0 Å². The van der Waals surface area contributed by atoms with Gasteiger partial charge in [0.1, 0.15) is 31.4 Å². The van der Waals surface area contributed by atoms with Crippen molar-refractivity contribution in [1.29, 1.82) is 0 Å². The molecule has 1 aromatic carbocycles. The summed E-state index contributed by atoms with van der Waals surface area (Å²) in [6.07, 6.45) is 0. The van der Waals surface area contributed by atoms with Gasteiger partial charge in [-0.05, 0) is 0 Å². The Balaban J connectivity index is 3.51. The van der Waals surface area contributed by atoms with Crippen LogP contribution in [0.5, 0.6) is 5.75 Å². The van der Waals surface area contributed by atoms with E-state index in [2.05, 4.69) is 4.65 Å². The van der Waals surface area contributed by atoms with Crippen molar-refractivity contribution in [3.63, 3.8) is 0 Å². The largest absolute Gasteiger partial charge is 0.569 e. The first-order valence-corrected chi connectivity index (χ1v) is 5.12. The lowest BCUT2D eigenvalue weighted by molar-refractivity contribution is -0.116. The molecule has 0 saturated heterocycles. The van der Waals surface area contributed by atoms with Crippen molar-refractivity contribution < 1.29 is 9.45 Å². The van der Waals surface area contributed by atoms with E-state index in [9.17, 15) is 4.79 Å². The lowest BCUT2D eigenvalue weighted by Gasteiger charge is -2.33. The van der Waals surface area contributed by atoms with Gasteiger partial charge < -0.3 is 9.47 Å². The Bertz CT molecular complexity index is 527. The molecule has 0 spiro atoms. The van der Waals surface area contributed by atoms with E-state index >= 15 is 0 Å². The Hall–Kier alpha value is -0.926. The summed E-state index contributed by atoms with van der Waals surface area (Å²) in [6.45, 7) is 0. The predicted molar refractivity (Wildman–Crippen MR) is 87.6 cm³/mol. The van der Waals surface area contributed by atoms with Crippen LogP contribution in [-0.2, 0) is 4.79 Å². The second kappa shape index (κ2) is 5.83. The molecule has 1 amide bonds. The Kier molecular flexibility index (Phi) is 4.99. The van der Waals surface area contributed by atoms with Gasteiger partial charge in [0.25, 0.3) is 0 Å². The number of nitrogens with zero attached hydrogens (tertiary/aromatic N) is 1. The van der Waals surface area contributed by atoms with Crippen molar-refractivity contribution in [3.05, 3.63) is 0 Å². The molecule has 0 aliphatic heterocycles. The maximum atomic E-state index is 11.8. The molecule has 0 unspecified atom stereocenters. The summed E-state index contributed by atoms with van der Waals surface area (Å²) in [5, 5.41) is -2.24. The Morgan fingerprint density at radius 1 is 0.950 bits per heavy atom. The van der Waals surface area contributed by atoms with E-state index < -0.39 is 11.0 Å². The first kappa shape index (κ1) is 17.1. The summed E-state index contributed by atoms with van der Waals surface area (Å²) in [6, 6.07) is 0. The van der Waals surface area contributed by atoms with Crippen LogP contribution < -0.4 is 31.3 Å². The first-order valence-electron chi connectivity index (χ1n) is 5.12. The maximum Gasteiger partial charge on any atom is 0.374 e. The fourth-order valence-electron chi connectivity index (χ4n) is 1.49. The van der Waals surface area contributed by atoms with Gasteiger partial charge in [0.2, 0.25) is 7.98 Å². The van der Waals surface area contributed by atoms with E-state index in [-0.39, 0.29) is 33.3 Å². The standard InChI is InChI=1S/C8B9NO2/c9-1-3(11)6(20-17)4(12)2(10)5(1)18(16)7(19)8(13,14)15. The van der Waals surface area contributed by atoms with E-state index in [1.54, 1.807) is 0 Å². The van der Waals surface area contributed by atoms with Gasteiger partial charge >= 0.3 is 8.05 Å². The normalized spacial score (nSPS) is 11.0. The molecular formula is C8B9NO2. The topological polar surface area (TPSA) is 29.5 Å². The van der Waals surface area contributed by atoms with E-state index in [1.165, 1.54) is 0 Å². The summed E-state index contributed by atoms with van der Waals surface area (Å²) in [7, 11) is 49.0. The summed E-state index contributed by atoms with van der Waals surface area (Å²) in [4.78, 5) is 12.3. The molecular weight excluding hydrogens is 239 g/mol. The summed E-state index contributed by atoms with van der Waals surface area (Å²) >= 11 is 0. The molecule has 0 aliphatic carbocycles. The van der Waals surface area contributed by atoms with E-state index in [0.717, 1.165) is 0 Å². The van der Waals surface area contributed by atoms with Crippen LogP contribution >= 0.6 is 0 Å². The second-order valence-electron chi connectivity index (χ2n) is 4.06. The number of hydrogen-bond donors (Lipinski definition) is 0. The Labute approximate surface area is 130 Å². The van der Waals surface area contributed by atoms with Crippen LogP contribution in [0.2, 0.25) is 5.11 Å². The minimum atomic E-state index is -2.24. The zero-order valence-electron chi connectivity index (χ0n) is 10.5. The molecule has 0 heterocycles. The predicted octanol–water partition coefficient (Wildman–Crippen LogP) is -5.68. The van der Waals surface area contributed by atoms with Crippen LogP contribution in [0.1, 0.15) is 0 Å². The smallest absolute Gasteiger partial charge is 0.374 e. The van der Waals surface area contributed by atoms with Crippen molar-refractivity contribution in [2.24, 2.45) is 0 Å². The number of carbonyl (C=O) groups excluding carboxylic acids is 1. The highest BCUT2D eigenvalue weighted by Crippen LogP contribution is 2.16. The van der Waals surface area contributed by atoms with Gasteiger partial charge in [-0.2, -0.15) is 0 Å². The average Bonchev–Trinajstić information content (AvgIpc) is 2.35. The average molecular weight is 239 g/mol. The summed E-state index contributed by atoms with van der Waals surface area (Å²) in [5.74, 6) is -1.22. The fraction of sp³-hybridized carbons (Fsp3) is 0.125. The second-order valence-corrected chi connectivity index (χ2v) is 4.06. The highest BCUT2D eigenvalue weighted by Gasteiger charge is 2.26. The van der Waals surface area contributed by atoms with E-state index in [0.29, 0.717) is 4.81 Å². The minimum absolute atomic E-state index is 0.149. The SMILES string of the molecule is [B]Oc1c([B])c([B])c(N([B])C(=O)C([B])([B])[B])c([B])c1[B]. The van der Waals surface area contributed by atoms with Crippen molar-refractivity contribution in [2.45, 2.75) is 5.11 Å². The quantitative estimate of drug-likeness (QED) is 0.492. The van der Waals surface area contributed by atoms with Crippen LogP contribution in [0.3, 0.4) is 0 Å². The van der Waals surface area contributed by atoms with Crippen molar-refractivity contribution in [3.8, 4) is 5.75 Å². The zero-order chi connectivity index (χ0) is 15.8. The van der Waals surface area contributed by atoms with E-state index in [1.807, 2.05) is 0 Å². The van der Waals surface area contributed by atoms with Crippen LogP contribution in [0.15, 0.2) is 0 Å². The first-order chi connectivity index (χ1) is 9.03. The molecule has 0 atom stereocenters. The molecule has 18 radical (unpaired) electrons. The third kappa shape index (κ3) is 2.89. The van der Waals surface area contributed by atoms with Crippen LogP contribution in [0.4, 0.5) is 5.69 Å². The molecule has 0 fully saturated rings. The Morgan fingerprint density at radius 2 is 1.35 bits per heavy atom. The maximum absolute atomic E-state index is 11.8. The summed E-state index contributed by atoms with van der Waals surface area (Å²) in [5.41, 5.74) is -0.922. The van der Waals surface area contributed by atoms with Crippen molar-refractivity contribution in [2.75, 3.05) is 4.81 Å². The van der Waals surface area contributed by atoms with Gasteiger partial charge in [-0.15, -0.1) is 0 Å². The fourth-order valence-corrected chi connectivity index (χ4v) is 1.49. The zero-order valence-corrected chi connectivity index (χ0v) is 10.5. The number of benzene rings is 1. The molecule has 3 nitrogen and oxygen atoms in total. The van der Waals surface area contributed by atoms with E-state index in [4.69, 9.17) is 71.0 Å². The van der Waals surface area contributed by atoms with Crippen LogP contribution in [-0.4, -0.2) is 76.9 Å². The molecule has 1 rings (SSSR count). The number of hydrogen-bond acceptors (Lipinski definition) is 2. The van der Waals surface area contributed by atoms with Gasteiger partial charge in [0, 0.05) is 5.69 Å². The molecule has 0 N–H and O–H groups in total. The van der Waals surface area contributed by atoms with Gasteiger partial charge in [0.05, 0.1) is 29.3 Å². The molecule has 76 valence electrons. The minimum Gasteiger partial charge on any atom is -0.569 e. The molecule has 0 aromatic heterocycles. The van der Waals surface area contributed by atoms with Crippen LogP contribution in [0, 0.1) is 0 Å². The highest BCUT2D eigenvalue weighted by molar-refractivity contribution is 6.72. The molecule has 12 heteroatoms. The van der Waals surface area contributed by atoms with Gasteiger partial charge in [-0.25, -0.2) is 0 Å². The number of amides is 1. The number of rotatable bonds is 3. The summed E-state index contributed by atoms with van der Waals surface area (Å²) < 4.78 is 4.47. The van der Waals surface area contributed by atoms with Crippen LogP contribution in [0.25, 0.3) is 0 Å². The highest BCUT2D eigenvalue weighted by atomic mass is 16.4. The van der Waals surface area contributed by atoms with Crippen molar-refractivity contribution in [1.82, 2.24) is 0 Å². The third-order valence-corrected chi connectivity index (χ3v) is 2.53. The molecule has 0 bridgehead atoms. The lowest BCUT2D eigenvalue weighted by atomic mass is 9.42. The van der Waals surface area contributed by atoms with Gasteiger partial charge in [0.15, 0.2) is 5.91 Å². The third-order valence-electron chi connectivity index (χ3n) is 2.53. The number of carbonyl (C=O) groups is 1.